The Labute approximate surface area is 182 Å². The van der Waals surface area contributed by atoms with Crippen LogP contribution < -0.4 is 20.1 Å². The summed E-state index contributed by atoms with van der Waals surface area (Å²) in [5, 5.41) is 6.41. The molecule has 6 nitrogen and oxygen atoms in total. The summed E-state index contributed by atoms with van der Waals surface area (Å²) in [6.45, 7) is 3.66. The molecular formula is C19H30F2IN3O3. The van der Waals surface area contributed by atoms with Crippen molar-refractivity contribution in [3.05, 3.63) is 23.8 Å². The highest BCUT2D eigenvalue weighted by Crippen LogP contribution is 2.33. The van der Waals surface area contributed by atoms with Gasteiger partial charge in [-0.25, -0.2) is 4.99 Å². The van der Waals surface area contributed by atoms with Gasteiger partial charge >= 0.3 is 6.61 Å². The summed E-state index contributed by atoms with van der Waals surface area (Å²) < 4.78 is 41.3. The van der Waals surface area contributed by atoms with E-state index >= 15 is 0 Å². The summed E-state index contributed by atoms with van der Waals surface area (Å²) in [5.41, 5.74) is 0.539. The molecule has 1 aliphatic heterocycles. The molecule has 1 saturated heterocycles. The fourth-order valence-electron chi connectivity index (χ4n) is 2.91. The molecule has 0 spiro atoms. The lowest BCUT2D eigenvalue weighted by molar-refractivity contribution is -0.0520. The Morgan fingerprint density at radius 3 is 2.79 bits per heavy atom. The van der Waals surface area contributed by atoms with Gasteiger partial charge in [-0.15, -0.1) is 24.0 Å². The van der Waals surface area contributed by atoms with Gasteiger partial charge in [0.1, 0.15) is 0 Å². The first-order chi connectivity index (χ1) is 13.1. The predicted molar refractivity (Wildman–Crippen MR) is 116 cm³/mol. The van der Waals surface area contributed by atoms with Crippen LogP contribution in [0.4, 0.5) is 8.78 Å². The van der Waals surface area contributed by atoms with Crippen LogP contribution in [0, 0.1) is 0 Å². The van der Waals surface area contributed by atoms with Crippen LogP contribution in [0.1, 0.15) is 38.7 Å². The quantitative estimate of drug-likeness (QED) is 0.282. The standard InChI is InChI=1S/C19H29F2N3O3.HI/c1-3-22-19(23-11-10-15-8-6-12-26-15)24-13-14-7-5-9-16(25-4-2)17(14)27-18(20)21;/h5,7,9,15,18H,3-4,6,8,10-13H2,1-2H3,(H2,22,23,24);1H. The van der Waals surface area contributed by atoms with Crippen molar-refractivity contribution in [3.8, 4) is 11.5 Å². The molecule has 0 saturated carbocycles. The summed E-state index contributed by atoms with van der Waals surface area (Å²) in [4.78, 5) is 4.49. The molecule has 1 unspecified atom stereocenters. The first-order valence-corrected chi connectivity index (χ1v) is 9.47. The number of hydrogen-bond acceptors (Lipinski definition) is 4. The van der Waals surface area contributed by atoms with Crippen molar-refractivity contribution in [1.82, 2.24) is 10.6 Å². The number of para-hydroxylation sites is 1. The van der Waals surface area contributed by atoms with Gasteiger partial charge in [0.2, 0.25) is 0 Å². The van der Waals surface area contributed by atoms with Gasteiger partial charge in [-0.05, 0) is 39.2 Å². The molecular weight excluding hydrogens is 483 g/mol. The van der Waals surface area contributed by atoms with Gasteiger partial charge in [-0.3, -0.25) is 0 Å². The topological polar surface area (TPSA) is 64.1 Å². The van der Waals surface area contributed by atoms with Crippen molar-refractivity contribution in [1.29, 1.82) is 0 Å². The van der Waals surface area contributed by atoms with Gasteiger partial charge in [-0.1, -0.05) is 12.1 Å². The maximum absolute atomic E-state index is 12.8. The molecule has 160 valence electrons. The van der Waals surface area contributed by atoms with Gasteiger partial charge in [0.05, 0.1) is 19.3 Å². The number of benzene rings is 1. The van der Waals surface area contributed by atoms with E-state index in [-0.39, 0.29) is 36.3 Å². The summed E-state index contributed by atoms with van der Waals surface area (Å²) >= 11 is 0. The Morgan fingerprint density at radius 2 is 2.14 bits per heavy atom. The van der Waals surface area contributed by atoms with E-state index < -0.39 is 6.61 Å². The highest BCUT2D eigenvalue weighted by Gasteiger charge is 2.16. The molecule has 2 N–H and O–H groups in total. The fraction of sp³-hybridized carbons (Fsp3) is 0.632. The molecule has 9 heteroatoms. The number of alkyl halides is 2. The van der Waals surface area contributed by atoms with Crippen molar-refractivity contribution >= 4 is 29.9 Å². The zero-order chi connectivity index (χ0) is 19.5. The largest absolute Gasteiger partial charge is 0.490 e. The number of guanidine groups is 1. The third-order valence-electron chi connectivity index (χ3n) is 4.10. The van der Waals surface area contributed by atoms with Crippen LogP contribution in [0.25, 0.3) is 0 Å². The van der Waals surface area contributed by atoms with Gasteiger partial charge in [0.15, 0.2) is 17.5 Å². The molecule has 1 fully saturated rings. The molecule has 0 aliphatic carbocycles. The van der Waals surface area contributed by atoms with E-state index in [1.165, 1.54) is 0 Å². The van der Waals surface area contributed by atoms with Crippen molar-refractivity contribution in [2.75, 3.05) is 26.3 Å². The third-order valence-corrected chi connectivity index (χ3v) is 4.10. The van der Waals surface area contributed by atoms with Crippen LogP contribution >= 0.6 is 24.0 Å². The number of aliphatic imine (C=N–C) groups is 1. The van der Waals surface area contributed by atoms with E-state index in [2.05, 4.69) is 20.4 Å². The van der Waals surface area contributed by atoms with Gasteiger partial charge < -0.3 is 24.8 Å². The molecule has 0 amide bonds. The minimum atomic E-state index is -2.92. The van der Waals surface area contributed by atoms with Crippen molar-refractivity contribution in [2.45, 2.75) is 52.4 Å². The molecule has 1 aromatic carbocycles. The lowest BCUT2D eigenvalue weighted by Crippen LogP contribution is -2.38. The first kappa shape index (κ1) is 24.7. The van der Waals surface area contributed by atoms with Crippen LogP contribution in [0.2, 0.25) is 0 Å². The van der Waals surface area contributed by atoms with E-state index in [1.807, 2.05) is 6.92 Å². The van der Waals surface area contributed by atoms with Crippen molar-refractivity contribution in [2.24, 2.45) is 4.99 Å². The molecule has 2 rings (SSSR count). The maximum Gasteiger partial charge on any atom is 0.387 e. The molecule has 28 heavy (non-hydrogen) atoms. The Bertz CT molecular complexity index is 600. The molecule has 1 heterocycles. The van der Waals surface area contributed by atoms with Gasteiger partial charge in [0.25, 0.3) is 0 Å². The third kappa shape index (κ3) is 8.34. The lowest BCUT2D eigenvalue weighted by Gasteiger charge is -2.16. The average Bonchev–Trinajstić information content (AvgIpc) is 3.15. The minimum Gasteiger partial charge on any atom is -0.490 e. The Morgan fingerprint density at radius 1 is 1.32 bits per heavy atom. The van der Waals surface area contributed by atoms with Crippen LogP contribution in [-0.4, -0.2) is 45.0 Å². The smallest absolute Gasteiger partial charge is 0.387 e. The van der Waals surface area contributed by atoms with Gasteiger partial charge in [0, 0.05) is 25.3 Å². The summed E-state index contributed by atoms with van der Waals surface area (Å²) in [6.07, 6.45) is 3.41. The molecule has 1 aromatic rings. The second-order valence-electron chi connectivity index (χ2n) is 6.10. The lowest BCUT2D eigenvalue weighted by atomic mass is 10.2. The number of nitrogens with one attached hydrogen (secondary N) is 2. The van der Waals surface area contributed by atoms with Crippen molar-refractivity contribution in [3.63, 3.8) is 0 Å². The zero-order valence-corrected chi connectivity index (χ0v) is 18.7. The van der Waals surface area contributed by atoms with E-state index in [1.54, 1.807) is 25.1 Å². The van der Waals surface area contributed by atoms with Crippen LogP contribution in [0.5, 0.6) is 11.5 Å². The monoisotopic (exact) mass is 513 g/mol. The van der Waals surface area contributed by atoms with Gasteiger partial charge in [-0.2, -0.15) is 8.78 Å². The van der Waals surface area contributed by atoms with E-state index in [9.17, 15) is 8.78 Å². The molecule has 0 radical (unpaired) electrons. The van der Waals surface area contributed by atoms with Crippen LogP contribution in [-0.2, 0) is 11.3 Å². The Balaban J connectivity index is 0.00000392. The fourth-order valence-corrected chi connectivity index (χ4v) is 2.91. The highest BCUT2D eigenvalue weighted by atomic mass is 127. The van der Waals surface area contributed by atoms with E-state index in [0.717, 1.165) is 32.4 Å². The predicted octanol–water partition coefficient (Wildman–Crippen LogP) is 3.93. The minimum absolute atomic E-state index is 0. The summed E-state index contributed by atoms with van der Waals surface area (Å²) in [5.74, 6) is 0.954. The average molecular weight is 513 g/mol. The normalized spacial score (nSPS) is 16.6. The second kappa shape index (κ2) is 13.8. The number of halogens is 3. The summed E-state index contributed by atoms with van der Waals surface area (Å²) in [7, 11) is 0. The van der Waals surface area contributed by atoms with E-state index in [0.29, 0.717) is 36.5 Å². The SMILES string of the molecule is CCNC(=NCc1cccc(OCC)c1OC(F)F)NCCC1CCCO1.I. The first-order valence-electron chi connectivity index (χ1n) is 9.47. The zero-order valence-electron chi connectivity index (χ0n) is 16.4. The van der Waals surface area contributed by atoms with Crippen LogP contribution in [0.3, 0.4) is 0 Å². The second-order valence-corrected chi connectivity index (χ2v) is 6.10. The molecule has 0 aromatic heterocycles. The molecule has 1 atom stereocenters. The number of hydrogen-bond donors (Lipinski definition) is 2. The van der Waals surface area contributed by atoms with Crippen molar-refractivity contribution < 1.29 is 23.0 Å². The van der Waals surface area contributed by atoms with Crippen LogP contribution in [0.15, 0.2) is 23.2 Å². The Kier molecular flexibility index (Phi) is 12.1. The molecule has 1 aliphatic rings. The number of ether oxygens (including phenoxy) is 3. The van der Waals surface area contributed by atoms with E-state index in [4.69, 9.17) is 9.47 Å². The molecule has 0 bridgehead atoms. The maximum atomic E-state index is 12.8. The number of nitrogens with zero attached hydrogens (tertiary/aromatic N) is 1. The Hall–Kier alpha value is -1.36. The number of rotatable bonds is 10. The highest BCUT2D eigenvalue weighted by molar-refractivity contribution is 14.0. The summed E-state index contributed by atoms with van der Waals surface area (Å²) in [6, 6.07) is 5.06.